The van der Waals surface area contributed by atoms with Gasteiger partial charge in [0.05, 0.1) is 13.2 Å². The zero-order valence-electron chi connectivity index (χ0n) is 9.89. The van der Waals surface area contributed by atoms with Gasteiger partial charge in [0.15, 0.2) is 0 Å². The fourth-order valence-electron chi connectivity index (χ4n) is 1.22. The average Bonchev–Trinajstić information content (AvgIpc) is 2.35. The summed E-state index contributed by atoms with van der Waals surface area (Å²) in [6.45, 7) is 8.84. The van der Waals surface area contributed by atoms with Gasteiger partial charge in [-0.1, -0.05) is 35.9 Å². The van der Waals surface area contributed by atoms with Crippen LogP contribution in [0.1, 0.15) is 12.5 Å². The molecule has 0 aromatic heterocycles. The lowest BCUT2D eigenvalue weighted by Crippen LogP contribution is -2.04. The van der Waals surface area contributed by atoms with Crippen molar-refractivity contribution in [2.24, 2.45) is 0 Å². The van der Waals surface area contributed by atoms with Crippen LogP contribution in [0, 0.1) is 6.57 Å². The highest BCUT2D eigenvalue weighted by atomic mass is 35.5. The smallest absolute Gasteiger partial charge is 0.336 e. The molecule has 0 N–H and O–H groups in total. The van der Waals surface area contributed by atoms with E-state index in [4.69, 9.17) is 22.9 Å². The molecule has 0 radical (unpaired) electrons. The number of benzene rings is 1. The molecule has 0 amide bonds. The first-order valence-corrected chi connectivity index (χ1v) is 5.73. The van der Waals surface area contributed by atoms with E-state index in [1.165, 1.54) is 6.08 Å². The molecule has 0 unspecified atom stereocenters. The maximum absolute atomic E-state index is 11.3. The third kappa shape index (κ3) is 4.44. The topological polar surface area (TPSA) is 30.7 Å². The molecule has 18 heavy (non-hydrogen) atoms. The molecule has 92 valence electrons. The minimum Gasteiger partial charge on any atom is -0.471 e. The molecule has 1 aromatic rings. The van der Waals surface area contributed by atoms with Crippen molar-refractivity contribution < 1.29 is 9.53 Å². The van der Waals surface area contributed by atoms with Crippen LogP contribution in [0.25, 0.3) is 10.9 Å². The van der Waals surface area contributed by atoms with Crippen LogP contribution in [0.4, 0.5) is 0 Å². The van der Waals surface area contributed by atoms with Crippen LogP contribution in [-0.2, 0) is 9.53 Å². The van der Waals surface area contributed by atoms with Crippen molar-refractivity contribution in [1.29, 1.82) is 0 Å². The van der Waals surface area contributed by atoms with Crippen LogP contribution in [0.15, 0.2) is 42.1 Å². The second-order valence-electron chi connectivity index (χ2n) is 3.30. The summed E-state index contributed by atoms with van der Waals surface area (Å²) >= 11 is 5.83. The van der Waals surface area contributed by atoms with Gasteiger partial charge in [-0.2, -0.15) is 0 Å². The van der Waals surface area contributed by atoms with Gasteiger partial charge < -0.3 is 4.74 Å². The van der Waals surface area contributed by atoms with Crippen LogP contribution in [0.2, 0.25) is 5.02 Å². The SMILES string of the molecule is [C-]#[N+]/C(=C\C=C\c1cccc(Cl)c1)C(=O)OCC. The Hall–Kier alpha value is -2.05. The number of halogens is 1. The number of carbonyl (C=O) groups is 1. The second kappa shape index (κ2) is 7.31. The van der Waals surface area contributed by atoms with Crippen LogP contribution >= 0.6 is 11.6 Å². The standard InChI is InChI=1S/C14H12ClNO2/c1-3-18-14(17)13(16-2)9-5-7-11-6-4-8-12(15)10-11/h4-10H,3H2,1H3/b7-5+,13-9-. The van der Waals surface area contributed by atoms with Gasteiger partial charge in [-0.15, -0.1) is 0 Å². The molecular formula is C14H12ClNO2. The lowest BCUT2D eigenvalue weighted by molar-refractivity contribution is -0.138. The number of hydrogen-bond acceptors (Lipinski definition) is 2. The Bertz CT molecular complexity index is 527. The molecule has 0 bridgehead atoms. The summed E-state index contributed by atoms with van der Waals surface area (Å²) in [6.07, 6.45) is 4.80. The predicted molar refractivity (Wildman–Crippen MR) is 71.8 cm³/mol. The number of esters is 1. The Labute approximate surface area is 111 Å². The summed E-state index contributed by atoms with van der Waals surface area (Å²) in [7, 11) is 0. The maximum Gasteiger partial charge on any atom is 0.336 e. The molecule has 0 aliphatic heterocycles. The summed E-state index contributed by atoms with van der Waals surface area (Å²) in [5.74, 6) is -0.608. The minimum atomic E-state index is -0.608. The number of carbonyl (C=O) groups excluding carboxylic acids is 1. The molecule has 0 fully saturated rings. The minimum absolute atomic E-state index is 0.0462. The first-order chi connectivity index (χ1) is 8.67. The number of hydrogen-bond donors (Lipinski definition) is 0. The van der Waals surface area contributed by atoms with E-state index in [0.29, 0.717) is 5.02 Å². The van der Waals surface area contributed by atoms with Crippen molar-refractivity contribution in [2.75, 3.05) is 6.61 Å². The zero-order valence-corrected chi connectivity index (χ0v) is 10.6. The van der Waals surface area contributed by atoms with Crippen molar-refractivity contribution in [3.63, 3.8) is 0 Å². The fourth-order valence-corrected chi connectivity index (χ4v) is 1.42. The van der Waals surface area contributed by atoms with Crippen LogP contribution in [0.5, 0.6) is 0 Å². The molecule has 4 heteroatoms. The first kappa shape index (κ1) is 14.0. The lowest BCUT2D eigenvalue weighted by Gasteiger charge is -1.97. The highest BCUT2D eigenvalue weighted by Gasteiger charge is 2.08. The number of ether oxygens (including phenoxy) is 1. The van der Waals surface area contributed by atoms with Crippen molar-refractivity contribution >= 4 is 23.6 Å². The normalized spacial score (nSPS) is 11.3. The third-order valence-electron chi connectivity index (χ3n) is 2.00. The van der Waals surface area contributed by atoms with E-state index in [-0.39, 0.29) is 12.3 Å². The van der Waals surface area contributed by atoms with Gasteiger partial charge in [-0.3, -0.25) is 4.79 Å². The molecule has 0 spiro atoms. The van der Waals surface area contributed by atoms with Crippen molar-refractivity contribution in [3.05, 3.63) is 64.1 Å². The Morgan fingerprint density at radius 1 is 1.56 bits per heavy atom. The monoisotopic (exact) mass is 261 g/mol. The van der Waals surface area contributed by atoms with E-state index in [1.54, 1.807) is 31.2 Å². The van der Waals surface area contributed by atoms with E-state index in [9.17, 15) is 4.79 Å². The van der Waals surface area contributed by atoms with E-state index in [1.807, 2.05) is 12.1 Å². The quantitative estimate of drug-likeness (QED) is 0.358. The van der Waals surface area contributed by atoms with E-state index >= 15 is 0 Å². The molecule has 0 aliphatic carbocycles. The molecule has 3 nitrogen and oxygen atoms in total. The summed E-state index contributed by atoms with van der Waals surface area (Å²) in [5, 5.41) is 0.636. The lowest BCUT2D eigenvalue weighted by atomic mass is 10.2. The molecule has 1 rings (SSSR count). The van der Waals surface area contributed by atoms with Gasteiger partial charge in [-0.25, -0.2) is 4.85 Å². The Morgan fingerprint density at radius 2 is 2.33 bits per heavy atom. The summed E-state index contributed by atoms with van der Waals surface area (Å²) in [4.78, 5) is 14.4. The highest BCUT2D eigenvalue weighted by Crippen LogP contribution is 2.12. The number of allylic oxidation sites excluding steroid dienone is 2. The molecule has 1 aromatic carbocycles. The Kier molecular flexibility index (Phi) is 5.69. The van der Waals surface area contributed by atoms with Gasteiger partial charge in [0.2, 0.25) is 0 Å². The molecular weight excluding hydrogens is 250 g/mol. The number of rotatable bonds is 4. The Balaban J connectivity index is 2.78. The van der Waals surface area contributed by atoms with Crippen molar-refractivity contribution in [1.82, 2.24) is 0 Å². The van der Waals surface area contributed by atoms with E-state index < -0.39 is 5.97 Å². The molecule has 0 atom stereocenters. The molecule has 0 heterocycles. The van der Waals surface area contributed by atoms with Crippen LogP contribution in [-0.4, -0.2) is 12.6 Å². The highest BCUT2D eigenvalue weighted by molar-refractivity contribution is 6.30. The van der Waals surface area contributed by atoms with Gasteiger partial charge in [0.25, 0.3) is 5.70 Å². The van der Waals surface area contributed by atoms with Gasteiger partial charge in [0.1, 0.15) is 0 Å². The zero-order chi connectivity index (χ0) is 13.4. The van der Waals surface area contributed by atoms with Gasteiger partial charge in [0, 0.05) is 5.02 Å². The molecule has 0 aliphatic rings. The van der Waals surface area contributed by atoms with E-state index in [2.05, 4.69) is 4.85 Å². The largest absolute Gasteiger partial charge is 0.471 e. The maximum atomic E-state index is 11.3. The fraction of sp³-hybridized carbons (Fsp3) is 0.143. The summed E-state index contributed by atoms with van der Waals surface area (Å²) < 4.78 is 4.74. The van der Waals surface area contributed by atoms with Crippen molar-refractivity contribution in [2.45, 2.75) is 6.92 Å². The van der Waals surface area contributed by atoms with Crippen molar-refractivity contribution in [3.8, 4) is 0 Å². The van der Waals surface area contributed by atoms with E-state index in [0.717, 1.165) is 5.56 Å². The number of nitrogens with zero attached hydrogens (tertiary/aromatic N) is 1. The van der Waals surface area contributed by atoms with Gasteiger partial charge >= 0.3 is 5.97 Å². The summed E-state index contributed by atoms with van der Waals surface area (Å²) in [6, 6.07) is 7.26. The Morgan fingerprint density at radius 3 is 2.94 bits per heavy atom. The van der Waals surface area contributed by atoms with Crippen LogP contribution < -0.4 is 0 Å². The molecule has 0 saturated heterocycles. The van der Waals surface area contributed by atoms with Gasteiger partial charge in [-0.05, 0) is 30.7 Å². The summed E-state index contributed by atoms with van der Waals surface area (Å²) in [5.41, 5.74) is 0.849. The first-order valence-electron chi connectivity index (χ1n) is 5.36. The second-order valence-corrected chi connectivity index (χ2v) is 3.73. The molecule has 0 saturated carbocycles. The predicted octanol–water partition coefficient (Wildman–Crippen LogP) is 3.72. The third-order valence-corrected chi connectivity index (χ3v) is 2.23. The average molecular weight is 262 g/mol. The van der Waals surface area contributed by atoms with Crippen LogP contribution in [0.3, 0.4) is 0 Å².